The minimum absolute atomic E-state index is 0.378. The van der Waals surface area contributed by atoms with Crippen LogP contribution in [0.15, 0.2) is 30.3 Å². The molecule has 112 valence electrons. The number of hydrogen-bond donors (Lipinski definition) is 1. The Bertz CT molecular complexity index is 361. The van der Waals surface area contributed by atoms with Gasteiger partial charge < -0.3 is 14.7 Å². The van der Waals surface area contributed by atoms with Gasteiger partial charge in [-0.25, -0.2) is 0 Å². The van der Waals surface area contributed by atoms with E-state index in [2.05, 4.69) is 11.8 Å². The summed E-state index contributed by atoms with van der Waals surface area (Å²) in [6.45, 7) is 6.25. The maximum atomic E-state index is 10.0. The number of ether oxygens (including phenoxy) is 1. The Morgan fingerprint density at radius 3 is 2.60 bits per heavy atom. The fourth-order valence-corrected chi connectivity index (χ4v) is 2.82. The molecule has 2 rings (SSSR count). The van der Waals surface area contributed by atoms with Crippen molar-refractivity contribution < 1.29 is 9.84 Å². The van der Waals surface area contributed by atoms with Crippen LogP contribution < -0.4 is 0 Å². The Hall–Kier alpha value is -0.900. The number of aliphatic hydroxyl groups is 1. The Kier molecular flexibility index (Phi) is 6.51. The molecule has 0 aromatic heterocycles. The molecule has 0 bridgehead atoms. The monoisotopic (exact) mass is 277 g/mol. The average molecular weight is 277 g/mol. The lowest BCUT2D eigenvalue weighted by Crippen LogP contribution is -2.40. The van der Waals surface area contributed by atoms with E-state index in [1.54, 1.807) is 0 Å². The number of aliphatic hydroxyl groups excluding tert-OH is 1. The summed E-state index contributed by atoms with van der Waals surface area (Å²) in [6, 6.07) is 10.1. The highest BCUT2D eigenvalue weighted by molar-refractivity contribution is 5.13. The van der Waals surface area contributed by atoms with Crippen LogP contribution in [0, 0.1) is 5.92 Å². The highest BCUT2D eigenvalue weighted by atomic mass is 16.5. The van der Waals surface area contributed by atoms with E-state index in [9.17, 15) is 5.11 Å². The van der Waals surface area contributed by atoms with Gasteiger partial charge in [-0.2, -0.15) is 0 Å². The predicted molar refractivity (Wildman–Crippen MR) is 81.6 cm³/mol. The molecule has 1 heterocycles. The summed E-state index contributed by atoms with van der Waals surface area (Å²) < 4.78 is 5.59. The molecule has 1 atom stereocenters. The van der Waals surface area contributed by atoms with Gasteiger partial charge in [-0.05, 0) is 37.4 Å². The lowest BCUT2D eigenvalue weighted by atomic mass is 9.94. The van der Waals surface area contributed by atoms with E-state index in [4.69, 9.17) is 4.74 Å². The Balaban J connectivity index is 1.60. The van der Waals surface area contributed by atoms with Crippen LogP contribution in [0.2, 0.25) is 0 Å². The van der Waals surface area contributed by atoms with Gasteiger partial charge in [0.15, 0.2) is 0 Å². The third-order valence-corrected chi connectivity index (χ3v) is 4.18. The van der Waals surface area contributed by atoms with E-state index >= 15 is 0 Å². The van der Waals surface area contributed by atoms with Crippen molar-refractivity contribution in [2.24, 2.45) is 5.92 Å². The van der Waals surface area contributed by atoms with Crippen LogP contribution in [-0.4, -0.2) is 42.4 Å². The first kappa shape index (κ1) is 15.5. The summed E-state index contributed by atoms with van der Waals surface area (Å²) in [5.41, 5.74) is 1.16. The van der Waals surface area contributed by atoms with Crippen LogP contribution in [0.25, 0.3) is 0 Å². The predicted octanol–water partition coefficient (Wildman–Crippen LogP) is 2.69. The lowest BCUT2D eigenvalue weighted by molar-refractivity contribution is 0.00440. The average Bonchev–Trinajstić information content (AvgIpc) is 2.49. The quantitative estimate of drug-likeness (QED) is 0.832. The maximum absolute atomic E-state index is 10.0. The molecule has 1 saturated heterocycles. The molecule has 0 amide bonds. The number of likely N-dealkylation sites (tertiary alicyclic amines) is 1. The van der Waals surface area contributed by atoms with E-state index in [1.165, 1.54) is 19.3 Å². The maximum Gasteiger partial charge on any atom is 0.0900 e. The second kappa shape index (κ2) is 8.40. The number of nitrogens with zero attached hydrogens (tertiary/aromatic N) is 1. The molecule has 20 heavy (non-hydrogen) atoms. The molecule has 1 N–H and O–H groups in total. The van der Waals surface area contributed by atoms with Gasteiger partial charge in [-0.1, -0.05) is 43.7 Å². The van der Waals surface area contributed by atoms with Crippen LogP contribution >= 0.6 is 0 Å². The van der Waals surface area contributed by atoms with Gasteiger partial charge in [0, 0.05) is 6.54 Å². The zero-order valence-electron chi connectivity index (χ0n) is 12.5. The van der Waals surface area contributed by atoms with Crippen molar-refractivity contribution in [3.8, 4) is 0 Å². The number of hydrogen-bond acceptors (Lipinski definition) is 3. The third-order valence-electron chi connectivity index (χ3n) is 4.18. The van der Waals surface area contributed by atoms with Gasteiger partial charge >= 0.3 is 0 Å². The van der Waals surface area contributed by atoms with Gasteiger partial charge in [0.25, 0.3) is 0 Å². The molecule has 1 aromatic carbocycles. The molecule has 3 nitrogen and oxygen atoms in total. The summed E-state index contributed by atoms with van der Waals surface area (Å²) in [7, 11) is 0. The van der Waals surface area contributed by atoms with Gasteiger partial charge in [0.05, 0.1) is 19.3 Å². The van der Waals surface area contributed by atoms with E-state index in [-0.39, 0.29) is 6.10 Å². The van der Waals surface area contributed by atoms with E-state index < -0.39 is 0 Å². The smallest absolute Gasteiger partial charge is 0.0900 e. The fraction of sp³-hybridized carbons (Fsp3) is 0.647. The van der Waals surface area contributed by atoms with Crippen LogP contribution in [0.1, 0.15) is 31.7 Å². The molecule has 0 radical (unpaired) electrons. The molecule has 1 unspecified atom stereocenters. The second-order valence-electron chi connectivity index (χ2n) is 5.81. The third kappa shape index (κ3) is 5.23. The molecule has 1 aromatic rings. The van der Waals surface area contributed by atoms with Gasteiger partial charge in [-0.3, -0.25) is 0 Å². The van der Waals surface area contributed by atoms with Crippen LogP contribution in [0.3, 0.4) is 0 Å². The number of β-amino-alcohol motifs (C(OH)–C–C–N with tert-alkyl or cyclic N) is 1. The number of piperidine rings is 1. The summed E-state index contributed by atoms with van der Waals surface area (Å²) in [6.07, 6.45) is 3.45. The van der Waals surface area contributed by atoms with E-state index in [1.807, 2.05) is 30.3 Å². The van der Waals surface area contributed by atoms with Crippen LogP contribution in [0.5, 0.6) is 0 Å². The molecule has 1 fully saturated rings. The molecule has 0 aliphatic carbocycles. The van der Waals surface area contributed by atoms with Crippen molar-refractivity contribution >= 4 is 0 Å². The topological polar surface area (TPSA) is 32.7 Å². The summed E-state index contributed by atoms with van der Waals surface area (Å²) in [4.78, 5) is 2.36. The minimum Gasteiger partial charge on any atom is -0.389 e. The van der Waals surface area contributed by atoms with Crippen molar-refractivity contribution in [1.82, 2.24) is 4.90 Å². The summed E-state index contributed by atoms with van der Waals surface area (Å²) in [5.74, 6) is 0.887. The van der Waals surface area contributed by atoms with Crippen molar-refractivity contribution in [2.45, 2.75) is 38.9 Å². The largest absolute Gasteiger partial charge is 0.389 e. The zero-order valence-corrected chi connectivity index (χ0v) is 12.5. The molecule has 3 heteroatoms. The van der Waals surface area contributed by atoms with Crippen molar-refractivity contribution in [2.75, 3.05) is 26.2 Å². The fourth-order valence-electron chi connectivity index (χ4n) is 2.82. The van der Waals surface area contributed by atoms with Crippen molar-refractivity contribution in [3.05, 3.63) is 35.9 Å². The van der Waals surface area contributed by atoms with Crippen LogP contribution in [-0.2, 0) is 11.3 Å². The Labute approximate surface area is 122 Å². The normalized spacial score (nSPS) is 19.1. The minimum atomic E-state index is -0.378. The first-order valence-electron chi connectivity index (χ1n) is 7.80. The molecule has 1 aliphatic heterocycles. The van der Waals surface area contributed by atoms with Crippen LogP contribution in [0.4, 0.5) is 0 Å². The summed E-state index contributed by atoms with van der Waals surface area (Å²) >= 11 is 0. The van der Waals surface area contributed by atoms with Gasteiger partial charge in [0.2, 0.25) is 0 Å². The molecule has 0 spiro atoms. The first-order chi connectivity index (χ1) is 9.78. The molecular formula is C17H27NO2. The SMILES string of the molecule is CCC1CCN(CC(O)COCc2ccccc2)CC1. The summed E-state index contributed by atoms with van der Waals surface area (Å²) in [5, 5.41) is 10.0. The standard InChI is InChI=1S/C17H27NO2/c1-2-15-8-10-18(11-9-15)12-17(19)14-20-13-16-6-4-3-5-7-16/h3-7,15,17,19H,2,8-14H2,1H3. The zero-order chi connectivity index (χ0) is 14.2. The number of rotatable bonds is 7. The van der Waals surface area contributed by atoms with Gasteiger partial charge in [0.1, 0.15) is 0 Å². The Morgan fingerprint density at radius 1 is 1.25 bits per heavy atom. The van der Waals surface area contributed by atoms with Crippen molar-refractivity contribution in [1.29, 1.82) is 0 Å². The molecule has 1 aliphatic rings. The van der Waals surface area contributed by atoms with Gasteiger partial charge in [-0.15, -0.1) is 0 Å². The highest BCUT2D eigenvalue weighted by Crippen LogP contribution is 2.19. The highest BCUT2D eigenvalue weighted by Gasteiger charge is 2.19. The first-order valence-corrected chi connectivity index (χ1v) is 7.80. The second-order valence-corrected chi connectivity index (χ2v) is 5.81. The lowest BCUT2D eigenvalue weighted by Gasteiger charge is -2.32. The van der Waals surface area contributed by atoms with Crippen molar-refractivity contribution in [3.63, 3.8) is 0 Å². The number of benzene rings is 1. The van der Waals surface area contributed by atoms with E-state index in [0.717, 1.165) is 31.1 Å². The molecular weight excluding hydrogens is 250 g/mol. The van der Waals surface area contributed by atoms with E-state index in [0.29, 0.717) is 13.2 Å². The molecule has 0 saturated carbocycles. The Morgan fingerprint density at radius 2 is 1.95 bits per heavy atom.